The molecule has 1 saturated heterocycles. The minimum atomic E-state index is -0.946. The van der Waals surface area contributed by atoms with Crippen molar-refractivity contribution >= 4 is 11.8 Å². The molecule has 0 amide bonds. The minimum Gasteiger partial charge on any atom is -0.480 e. The Morgan fingerprint density at radius 3 is 2.60 bits per heavy atom. The van der Waals surface area contributed by atoms with Gasteiger partial charge < -0.3 is 5.11 Å². The molecule has 0 saturated carbocycles. The van der Waals surface area contributed by atoms with Crippen LogP contribution in [0.1, 0.15) is 6.92 Å². The van der Waals surface area contributed by atoms with E-state index < -0.39 is 12.0 Å². The largest absolute Gasteiger partial charge is 0.480 e. The average molecular weight is 143 g/mol. The van der Waals surface area contributed by atoms with Crippen molar-refractivity contribution in [3.8, 4) is 0 Å². The molecule has 0 bridgehead atoms. The van der Waals surface area contributed by atoms with Crippen LogP contribution in [-0.4, -0.2) is 29.4 Å². The predicted molar refractivity (Wildman–Crippen MR) is 33.6 cm³/mol. The lowest BCUT2D eigenvalue weighted by molar-refractivity contribution is -0.141. The number of carboxylic acid groups (broad SMARTS) is 1. The number of carboxylic acids is 1. The number of Topliss-reactive ketones (excluding diaryl/α,β-unsaturated/α-hetero) is 1. The number of ketones is 1. The van der Waals surface area contributed by atoms with Crippen LogP contribution in [0, 0.1) is 5.92 Å². The van der Waals surface area contributed by atoms with E-state index in [9.17, 15) is 9.59 Å². The number of carbonyl (C=O) groups excluding carboxylic acids is 1. The molecular weight excluding hydrogens is 134 g/mol. The van der Waals surface area contributed by atoms with Gasteiger partial charge in [0.2, 0.25) is 0 Å². The summed E-state index contributed by atoms with van der Waals surface area (Å²) in [7, 11) is 0. The monoisotopic (exact) mass is 143 g/mol. The van der Waals surface area contributed by atoms with E-state index in [1.54, 1.807) is 6.92 Å². The van der Waals surface area contributed by atoms with Crippen LogP contribution in [-0.2, 0) is 9.59 Å². The molecule has 56 valence electrons. The summed E-state index contributed by atoms with van der Waals surface area (Å²) in [5.74, 6) is -1.34. The highest BCUT2D eigenvalue weighted by atomic mass is 16.4. The van der Waals surface area contributed by atoms with Gasteiger partial charge in [-0.1, -0.05) is 6.92 Å². The predicted octanol–water partition coefficient (Wildman–Crippen LogP) is -0.752. The third kappa shape index (κ3) is 1.02. The van der Waals surface area contributed by atoms with E-state index in [2.05, 4.69) is 5.32 Å². The van der Waals surface area contributed by atoms with Gasteiger partial charge in [0.25, 0.3) is 0 Å². The van der Waals surface area contributed by atoms with Crippen LogP contribution in [0.5, 0.6) is 0 Å². The van der Waals surface area contributed by atoms with E-state index in [0.717, 1.165) is 0 Å². The summed E-state index contributed by atoms with van der Waals surface area (Å²) < 4.78 is 0. The van der Waals surface area contributed by atoms with Gasteiger partial charge in [0, 0.05) is 5.92 Å². The second-order valence-corrected chi connectivity index (χ2v) is 2.45. The van der Waals surface area contributed by atoms with E-state index >= 15 is 0 Å². The van der Waals surface area contributed by atoms with Gasteiger partial charge in [-0.2, -0.15) is 0 Å². The van der Waals surface area contributed by atoms with Crippen LogP contribution < -0.4 is 5.32 Å². The number of hydrogen-bond acceptors (Lipinski definition) is 3. The van der Waals surface area contributed by atoms with Gasteiger partial charge in [-0.3, -0.25) is 14.9 Å². The summed E-state index contributed by atoms with van der Waals surface area (Å²) in [5.41, 5.74) is 0. The molecule has 1 rings (SSSR count). The van der Waals surface area contributed by atoms with E-state index in [0.29, 0.717) is 0 Å². The lowest BCUT2D eigenvalue weighted by atomic mass is 10.0. The Hall–Kier alpha value is -0.900. The van der Waals surface area contributed by atoms with Crippen LogP contribution in [0.25, 0.3) is 0 Å². The molecule has 1 unspecified atom stereocenters. The van der Waals surface area contributed by atoms with Gasteiger partial charge in [-0.05, 0) is 0 Å². The van der Waals surface area contributed by atoms with Crippen molar-refractivity contribution in [2.45, 2.75) is 13.0 Å². The van der Waals surface area contributed by atoms with Crippen LogP contribution in [0.4, 0.5) is 0 Å². The Bertz CT molecular complexity index is 178. The van der Waals surface area contributed by atoms with Crippen molar-refractivity contribution in [3.05, 3.63) is 0 Å². The first-order valence-corrected chi connectivity index (χ1v) is 3.12. The first-order valence-electron chi connectivity index (χ1n) is 3.12. The molecule has 2 atom stereocenters. The van der Waals surface area contributed by atoms with Crippen LogP contribution in [0.3, 0.4) is 0 Å². The summed E-state index contributed by atoms with van der Waals surface area (Å²) >= 11 is 0. The molecule has 1 aliphatic heterocycles. The summed E-state index contributed by atoms with van der Waals surface area (Å²) in [6, 6.07) is -0.674. The van der Waals surface area contributed by atoms with Gasteiger partial charge in [0.05, 0.1) is 6.54 Å². The maximum Gasteiger partial charge on any atom is 0.321 e. The van der Waals surface area contributed by atoms with Crippen molar-refractivity contribution in [1.29, 1.82) is 0 Å². The first-order chi connectivity index (χ1) is 4.63. The van der Waals surface area contributed by atoms with E-state index in [4.69, 9.17) is 5.11 Å². The zero-order valence-corrected chi connectivity index (χ0v) is 5.63. The molecule has 0 spiro atoms. The van der Waals surface area contributed by atoms with E-state index in [1.165, 1.54) is 0 Å². The molecule has 0 aliphatic carbocycles. The molecule has 0 aromatic rings. The number of nitrogens with one attached hydrogen (secondary N) is 1. The van der Waals surface area contributed by atoms with Gasteiger partial charge >= 0.3 is 5.97 Å². The summed E-state index contributed by atoms with van der Waals surface area (Å²) in [6.07, 6.45) is 0. The van der Waals surface area contributed by atoms with Crippen molar-refractivity contribution < 1.29 is 14.7 Å². The Kier molecular flexibility index (Phi) is 1.72. The van der Waals surface area contributed by atoms with Crippen molar-refractivity contribution in [2.75, 3.05) is 6.54 Å². The highest BCUT2D eigenvalue weighted by Crippen LogP contribution is 2.10. The van der Waals surface area contributed by atoms with Crippen molar-refractivity contribution in [1.82, 2.24) is 5.32 Å². The van der Waals surface area contributed by atoms with Crippen LogP contribution in [0.2, 0.25) is 0 Å². The first kappa shape index (κ1) is 7.21. The van der Waals surface area contributed by atoms with Gasteiger partial charge in [-0.15, -0.1) is 0 Å². The Labute approximate surface area is 58.2 Å². The van der Waals surface area contributed by atoms with E-state index in [-0.39, 0.29) is 18.2 Å². The van der Waals surface area contributed by atoms with Gasteiger partial charge in [0.1, 0.15) is 6.04 Å². The number of carbonyl (C=O) groups is 2. The van der Waals surface area contributed by atoms with Crippen LogP contribution in [0.15, 0.2) is 0 Å². The molecule has 4 nitrogen and oxygen atoms in total. The lowest BCUT2D eigenvalue weighted by Gasteiger charge is -2.06. The third-order valence-corrected chi connectivity index (χ3v) is 1.77. The summed E-state index contributed by atoms with van der Waals surface area (Å²) in [4.78, 5) is 21.1. The molecule has 2 N–H and O–H groups in total. The highest BCUT2D eigenvalue weighted by molar-refractivity contribution is 5.92. The number of rotatable bonds is 1. The molecule has 0 radical (unpaired) electrons. The lowest BCUT2D eigenvalue weighted by Crippen LogP contribution is -2.34. The molecule has 4 heteroatoms. The molecule has 0 aromatic carbocycles. The molecular formula is C6H9NO3. The standard InChI is InChI=1S/C6H9NO3/c1-3-4(8)2-7-5(3)6(9)10/h3,5,7H,2H2,1H3,(H,9,10)/t3?,5-/m0/s1. The summed E-state index contributed by atoms with van der Waals surface area (Å²) in [5, 5.41) is 11.1. The second kappa shape index (κ2) is 2.38. The molecule has 0 aromatic heterocycles. The maximum atomic E-state index is 10.8. The fourth-order valence-corrected chi connectivity index (χ4v) is 1.04. The minimum absolute atomic E-state index is 0.0209. The Morgan fingerprint density at radius 1 is 1.80 bits per heavy atom. The normalized spacial score (nSPS) is 32.7. The molecule has 10 heavy (non-hydrogen) atoms. The second-order valence-electron chi connectivity index (χ2n) is 2.45. The quantitative estimate of drug-likeness (QED) is 0.506. The zero-order chi connectivity index (χ0) is 7.72. The highest BCUT2D eigenvalue weighted by Gasteiger charge is 2.35. The topological polar surface area (TPSA) is 66.4 Å². The van der Waals surface area contributed by atoms with Crippen molar-refractivity contribution in [2.24, 2.45) is 5.92 Å². The zero-order valence-electron chi connectivity index (χ0n) is 5.63. The fourth-order valence-electron chi connectivity index (χ4n) is 1.04. The smallest absolute Gasteiger partial charge is 0.321 e. The van der Waals surface area contributed by atoms with Gasteiger partial charge in [0.15, 0.2) is 5.78 Å². The van der Waals surface area contributed by atoms with Gasteiger partial charge in [-0.25, -0.2) is 0 Å². The fraction of sp³-hybridized carbons (Fsp3) is 0.667. The average Bonchev–Trinajstić information content (AvgIpc) is 2.14. The number of aliphatic carboxylic acids is 1. The Balaban J connectivity index is 2.66. The maximum absolute atomic E-state index is 10.8. The molecule has 1 aliphatic rings. The van der Waals surface area contributed by atoms with E-state index in [1.807, 2.05) is 0 Å². The molecule has 1 heterocycles. The Morgan fingerprint density at radius 2 is 2.40 bits per heavy atom. The molecule has 1 fully saturated rings. The summed E-state index contributed by atoms with van der Waals surface area (Å²) in [6.45, 7) is 1.82. The number of hydrogen-bond donors (Lipinski definition) is 2. The van der Waals surface area contributed by atoms with Crippen LogP contribution >= 0.6 is 0 Å². The third-order valence-electron chi connectivity index (χ3n) is 1.77. The van der Waals surface area contributed by atoms with Crippen molar-refractivity contribution in [3.63, 3.8) is 0 Å². The SMILES string of the molecule is CC1C(=O)CN[C@@H]1C(=O)O.